The molecule has 0 aliphatic heterocycles. The van der Waals surface area contributed by atoms with E-state index in [0.29, 0.717) is 17.6 Å². The highest BCUT2D eigenvalue weighted by Gasteiger charge is 2.35. The van der Waals surface area contributed by atoms with Crippen LogP contribution in [0.4, 0.5) is 0 Å². The molecular weight excluding hydrogens is 196 g/mol. The van der Waals surface area contributed by atoms with Gasteiger partial charge in [-0.1, -0.05) is 20.8 Å². The fourth-order valence-corrected chi connectivity index (χ4v) is 3.60. The van der Waals surface area contributed by atoms with Crippen LogP contribution in [0.5, 0.6) is 0 Å². The summed E-state index contributed by atoms with van der Waals surface area (Å²) in [7, 11) is 0. The van der Waals surface area contributed by atoms with Crippen LogP contribution in [0.3, 0.4) is 0 Å². The first-order chi connectivity index (χ1) is 7.58. The van der Waals surface area contributed by atoms with Crippen LogP contribution in [0.1, 0.15) is 59.3 Å². The topological polar surface area (TPSA) is 17.1 Å². The van der Waals surface area contributed by atoms with Crippen LogP contribution in [0.2, 0.25) is 0 Å². The van der Waals surface area contributed by atoms with E-state index in [1.54, 1.807) is 0 Å². The fourth-order valence-electron chi connectivity index (χ4n) is 3.60. The number of hydrogen-bond donors (Lipinski definition) is 0. The van der Waals surface area contributed by atoms with Crippen LogP contribution in [-0.2, 0) is 4.79 Å². The molecule has 0 amide bonds. The third-order valence-corrected chi connectivity index (χ3v) is 5.10. The molecule has 5 unspecified atom stereocenters. The van der Waals surface area contributed by atoms with Gasteiger partial charge >= 0.3 is 0 Å². The zero-order chi connectivity index (χ0) is 11.7. The second-order valence-electron chi connectivity index (χ2n) is 6.48. The first kappa shape index (κ1) is 12.1. The summed E-state index contributed by atoms with van der Waals surface area (Å²) in [6.45, 7) is 6.95. The molecule has 0 aromatic rings. The molecule has 2 aliphatic carbocycles. The Bertz CT molecular complexity index is 258. The molecular formula is C15H26O. The highest BCUT2D eigenvalue weighted by atomic mass is 16.1. The summed E-state index contributed by atoms with van der Waals surface area (Å²) in [5.41, 5.74) is 0. The van der Waals surface area contributed by atoms with Crippen molar-refractivity contribution in [1.29, 1.82) is 0 Å². The normalized spacial score (nSPS) is 44.6. The summed E-state index contributed by atoms with van der Waals surface area (Å²) in [6, 6.07) is 0. The molecule has 0 saturated heterocycles. The molecule has 92 valence electrons. The first-order valence-electron chi connectivity index (χ1n) is 7.11. The van der Waals surface area contributed by atoms with Gasteiger partial charge in [0.2, 0.25) is 0 Å². The molecule has 0 aromatic carbocycles. The van der Waals surface area contributed by atoms with Crippen LogP contribution < -0.4 is 0 Å². The average molecular weight is 222 g/mol. The third kappa shape index (κ3) is 2.49. The summed E-state index contributed by atoms with van der Waals surface area (Å²) in [4.78, 5) is 12.4. The van der Waals surface area contributed by atoms with E-state index < -0.39 is 0 Å². The van der Waals surface area contributed by atoms with Gasteiger partial charge in [0.1, 0.15) is 5.78 Å². The molecule has 16 heavy (non-hydrogen) atoms. The van der Waals surface area contributed by atoms with Crippen LogP contribution in [0, 0.1) is 29.6 Å². The number of rotatable bonds is 2. The molecule has 1 heteroatoms. The van der Waals surface area contributed by atoms with Gasteiger partial charge in [-0.15, -0.1) is 0 Å². The number of ketones is 1. The molecule has 0 radical (unpaired) electrons. The van der Waals surface area contributed by atoms with Gasteiger partial charge in [-0.3, -0.25) is 4.79 Å². The molecule has 0 N–H and O–H groups in total. The minimum atomic E-state index is 0.404. The SMILES string of the molecule is CC1CCC(C(=O)C2CCC(C)C(C)C2)C1. The van der Waals surface area contributed by atoms with Gasteiger partial charge in [0.25, 0.3) is 0 Å². The number of hydrogen-bond acceptors (Lipinski definition) is 1. The van der Waals surface area contributed by atoms with Crippen molar-refractivity contribution in [2.24, 2.45) is 29.6 Å². The minimum Gasteiger partial charge on any atom is -0.299 e. The number of carbonyl (C=O) groups excluding carboxylic acids is 1. The third-order valence-electron chi connectivity index (χ3n) is 5.10. The number of Topliss-reactive ketones (excluding diaryl/α,β-unsaturated/α-hetero) is 1. The zero-order valence-corrected chi connectivity index (χ0v) is 11.0. The van der Waals surface area contributed by atoms with Gasteiger partial charge in [0.15, 0.2) is 0 Å². The molecule has 2 rings (SSSR count). The molecule has 0 heterocycles. The average Bonchev–Trinajstić information content (AvgIpc) is 2.68. The Morgan fingerprint density at radius 3 is 2.00 bits per heavy atom. The van der Waals surface area contributed by atoms with Crippen molar-refractivity contribution in [2.75, 3.05) is 0 Å². The van der Waals surface area contributed by atoms with E-state index in [2.05, 4.69) is 20.8 Å². The molecule has 1 nitrogen and oxygen atoms in total. The van der Waals surface area contributed by atoms with Gasteiger partial charge < -0.3 is 0 Å². The highest BCUT2D eigenvalue weighted by Crippen LogP contribution is 2.39. The maximum atomic E-state index is 12.4. The molecule has 2 aliphatic rings. The second kappa shape index (κ2) is 4.89. The summed E-state index contributed by atoms with van der Waals surface area (Å²) in [5, 5.41) is 0. The standard InChI is InChI=1S/C15H26O/c1-10-4-6-13(8-10)15(16)14-7-5-11(2)12(3)9-14/h10-14H,4-9H2,1-3H3. The summed E-state index contributed by atoms with van der Waals surface area (Å²) in [6.07, 6.45) is 7.19. The Balaban J connectivity index is 1.90. The Morgan fingerprint density at radius 1 is 0.812 bits per heavy atom. The lowest BCUT2D eigenvalue weighted by Gasteiger charge is -2.32. The minimum absolute atomic E-state index is 0.404. The van der Waals surface area contributed by atoms with Gasteiger partial charge in [-0.2, -0.15) is 0 Å². The molecule has 2 saturated carbocycles. The van der Waals surface area contributed by atoms with Gasteiger partial charge in [-0.05, 0) is 56.3 Å². The molecule has 0 spiro atoms. The van der Waals surface area contributed by atoms with Crippen LogP contribution in [0.15, 0.2) is 0 Å². The van der Waals surface area contributed by atoms with Crippen molar-refractivity contribution in [3.63, 3.8) is 0 Å². The lowest BCUT2D eigenvalue weighted by atomic mass is 9.72. The van der Waals surface area contributed by atoms with Crippen LogP contribution in [0.25, 0.3) is 0 Å². The molecule has 0 bridgehead atoms. The van der Waals surface area contributed by atoms with Gasteiger partial charge in [-0.25, -0.2) is 0 Å². The smallest absolute Gasteiger partial charge is 0.139 e. The lowest BCUT2D eigenvalue weighted by Crippen LogP contribution is -2.29. The van der Waals surface area contributed by atoms with E-state index in [4.69, 9.17) is 0 Å². The Kier molecular flexibility index (Phi) is 3.71. The maximum Gasteiger partial charge on any atom is 0.139 e. The van der Waals surface area contributed by atoms with Crippen molar-refractivity contribution < 1.29 is 4.79 Å². The maximum absolute atomic E-state index is 12.4. The van der Waals surface area contributed by atoms with E-state index >= 15 is 0 Å². The van der Waals surface area contributed by atoms with Crippen LogP contribution in [-0.4, -0.2) is 5.78 Å². The molecule has 5 atom stereocenters. The zero-order valence-electron chi connectivity index (χ0n) is 11.0. The summed E-state index contributed by atoms with van der Waals surface area (Å²) >= 11 is 0. The van der Waals surface area contributed by atoms with Gasteiger partial charge in [0, 0.05) is 11.8 Å². The summed E-state index contributed by atoms with van der Waals surface area (Å²) in [5.74, 6) is 3.80. The van der Waals surface area contributed by atoms with Crippen molar-refractivity contribution in [3.05, 3.63) is 0 Å². The van der Waals surface area contributed by atoms with Crippen LogP contribution >= 0.6 is 0 Å². The van der Waals surface area contributed by atoms with Crippen molar-refractivity contribution in [1.82, 2.24) is 0 Å². The predicted octanol–water partition coefficient (Wildman–Crippen LogP) is 4.06. The number of carbonyl (C=O) groups is 1. The van der Waals surface area contributed by atoms with Crippen molar-refractivity contribution >= 4 is 5.78 Å². The monoisotopic (exact) mass is 222 g/mol. The lowest BCUT2D eigenvalue weighted by molar-refractivity contribution is -0.128. The quantitative estimate of drug-likeness (QED) is 0.688. The Morgan fingerprint density at radius 2 is 1.44 bits per heavy atom. The second-order valence-corrected chi connectivity index (χ2v) is 6.48. The predicted molar refractivity (Wildman–Crippen MR) is 67.2 cm³/mol. The Labute approximate surface area is 100.0 Å². The Hall–Kier alpha value is -0.330. The fraction of sp³-hybridized carbons (Fsp3) is 0.933. The van der Waals surface area contributed by atoms with E-state index in [-0.39, 0.29) is 0 Å². The molecule has 2 fully saturated rings. The van der Waals surface area contributed by atoms with E-state index in [1.807, 2.05) is 0 Å². The summed E-state index contributed by atoms with van der Waals surface area (Å²) < 4.78 is 0. The van der Waals surface area contributed by atoms with E-state index in [9.17, 15) is 4.79 Å². The largest absolute Gasteiger partial charge is 0.299 e. The van der Waals surface area contributed by atoms with Gasteiger partial charge in [0.05, 0.1) is 0 Å². The highest BCUT2D eigenvalue weighted by molar-refractivity contribution is 5.83. The van der Waals surface area contributed by atoms with Crippen molar-refractivity contribution in [2.45, 2.75) is 59.3 Å². The first-order valence-corrected chi connectivity index (χ1v) is 7.11. The van der Waals surface area contributed by atoms with E-state index in [1.165, 1.54) is 25.7 Å². The van der Waals surface area contributed by atoms with E-state index in [0.717, 1.165) is 30.6 Å². The van der Waals surface area contributed by atoms with Crippen molar-refractivity contribution in [3.8, 4) is 0 Å². The molecule has 0 aromatic heterocycles.